The smallest absolute Gasteiger partial charge is 0.407 e. The molecule has 0 unspecified atom stereocenters. The van der Waals surface area contributed by atoms with E-state index in [0.717, 1.165) is 5.56 Å². The Morgan fingerprint density at radius 3 is 2.36 bits per heavy atom. The number of nitrogens with zero attached hydrogens (tertiary/aromatic N) is 5. The first-order chi connectivity index (χ1) is 12.9. The van der Waals surface area contributed by atoms with E-state index in [-0.39, 0.29) is 11.6 Å². The van der Waals surface area contributed by atoms with Crippen molar-refractivity contribution in [3.63, 3.8) is 0 Å². The maximum Gasteiger partial charge on any atom is 0.407 e. The van der Waals surface area contributed by atoms with Gasteiger partial charge in [-0.05, 0) is 41.0 Å². The zero-order valence-corrected chi connectivity index (χ0v) is 18.7. The van der Waals surface area contributed by atoms with Gasteiger partial charge in [-0.1, -0.05) is 51.1 Å². The quantitative estimate of drug-likeness (QED) is 0.704. The summed E-state index contributed by atoms with van der Waals surface area (Å²) in [5.41, 5.74) is 0.916. The molecule has 8 nitrogen and oxygen atoms in total. The van der Waals surface area contributed by atoms with Gasteiger partial charge in [-0.15, -0.1) is 5.10 Å². The van der Waals surface area contributed by atoms with Crippen LogP contribution in [0.3, 0.4) is 0 Å². The van der Waals surface area contributed by atoms with Gasteiger partial charge in [0.15, 0.2) is 14.1 Å². The summed E-state index contributed by atoms with van der Waals surface area (Å²) in [6, 6.07) is 9.06. The number of amides is 1. The largest absolute Gasteiger partial charge is 0.465 e. The van der Waals surface area contributed by atoms with E-state index in [2.05, 4.69) is 49.4 Å². The normalized spacial score (nSPS) is 14.5. The highest BCUT2D eigenvalue weighted by molar-refractivity contribution is 6.74. The monoisotopic (exact) mass is 405 g/mol. The molecule has 2 atom stereocenters. The number of hydrogen-bond donors (Lipinski definition) is 1. The number of tetrazole rings is 1. The summed E-state index contributed by atoms with van der Waals surface area (Å²) in [5.74, 6) is 0.525. The van der Waals surface area contributed by atoms with Gasteiger partial charge in [0.05, 0.1) is 6.04 Å². The Kier molecular flexibility index (Phi) is 6.61. The van der Waals surface area contributed by atoms with E-state index in [1.165, 1.54) is 4.90 Å². The van der Waals surface area contributed by atoms with Crippen molar-refractivity contribution in [2.75, 3.05) is 0 Å². The third-order valence-electron chi connectivity index (χ3n) is 5.51. The highest BCUT2D eigenvalue weighted by Crippen LogP contribution is 2.40. The molecule has 1 amide bonds. The fourth-order valence-electron chi connectivity index (χ4n) is 2.67. The lowest BCUT2D eigenvalue weighted by molar-refractivity contribution is 0.0514. The van der Waals surface area contributed by atoms with Crippen LogP contribution in [0, 0.1) is 0 Å². The molecule has 9 heteroatoms. The van der Waals surface area contributed by atoms with Crippen LogP contribution >= 0.6 is 0 Å². The highest BCUT2D eigenvalue weighted by Gasteiger charge is 2.43. The van der Waals surface area contributed by atoms with Crippen LogP contribution in [0.4, 0.5) is 4.79 Å². The number of carboxylic acid groups (broad SMARTS) is 1. The number of aryl methyl sites for hydroxylation is 1. The molecular weight excluding hydrogens is 374 g/mol. The minimum absolute atomic E-state index is 0.0372. The van der Waals surface area contributed by atoms with Gasteiger partial charge in [0.1, 0.15) is 6.10 Å². The first kappa shape index (κ1) is 22.0. The van der Waals surface area contributed by atoms with Crippen molar-refractivity contribution in [2.24, 2.45) is 7.05 Å². The molecule has 1 N–H and O–H groups in total. The Hall–Kier alpha value is -2.26. The zero-order chi connectivity index (χ0) is 21.1. The van der Waals surface area contributed by atoms with Gasteiger partial charge in [0, 0.05) is 13.6 Å². The molecule has 1 aromatic carbocycles. The number of rotatable bonds is 7. The Bertz CT molecular complexity index is 788. The third kappa shape index (κ3) is 4.96. The van der Waals surface area contributed by atoms with Gasteiger partial charge in [0.25, 0.3) is 0 Å². The molecule has 0 saturated heterocycles. The molecule has 28 heavy (non-hydrogen) atoms. The van der Waals surface area contributed by atoms with E-state index in [0.29, 0.717) is 5.82 Å². The summed E-state index contributed by atoms with van der Waals surface area (Å²) in [4.78, 5) is 13.5. The van der Waals surface area contributed by atoms with Crippen LogP contribution in [-0.2, 0) is 18.0 Å². The number of aromatic nitrogens is 4. The molecule has 1 aromatic heterocycles. The van der Waals surface area contributed by atoms with Gasteiger partial charge >= 0.3 is 6.09 Å². The maximum absolute atomic E-state index is 12.1. The van der Waals surface area contributed by atoms with E-state index in [1.807, 2.05) is 37.3 Å². The van der Waals surface area contributed by atoms with Crippen LogP contribution in [0.15, 0.2) is 30.3 Å². The lowest BCUT2D eigenvalue weighted by Crippen LogP contribution is -2.48. The van der Waals surface area contributed by atoms with Crippen LogP contribution < -0.4 is 0 Å². The molecule has 0 radical (unpaired) electrons. The molecule has 0 saturated carbocycles. The fourth-order valence-corrected chi connectivity index (χ4v) is 3.96. The number of hydrogen-bond acceptors (Lipinski definition) is 5. The van der Waals surface area contributed by atoms with E-state index in [9.17, 15) is 9.90 Å². The SMILES string of the molecule is C[C@@H]([C@H](O[Si](C)(C)C(C)(C)C)c1nnnn1C)N(Cc1ccccc1)C(=O)O. The first-order valence-corrected chi connectivity index (χ1v) is 12.3. The molecular formula is C19H31N5O3Si. The predicted molar refractivity (Wildman–Crippen MR) is 109 cm³/mol. The second-order valence-corrected chi connectivity index (χ2v) is 13.4. The summed E-state index contributed by atoms with van der Waals surface area (Å²) in [7, 11) is -0.469. The Labute approximate surface area is 167 Å². The second kappa shape index (κ2) is 8.40. The average Bonchev–Trinajstić information content (AvgIpc) is 3.02. The molecule has 0 aliphatic rings. The molecule has 2 rings (SSSR count). The number of benzene rings is 1. The van der Waals surface area contributed by atoms with Crippen molar-refractivity contribution in [1.82, 2.24) is 25.1 Å². The van der Waals surface area contributed by atoms with Gasteiger partial charge in [-0.2, -0.15) is 0 Å². The van der Waals surface area contributed by atoms with Gasteiger partial charge in [-0.3, -0.25) is 4.90 Å². The fraction of sp³-hybridized carbons (Fsp3) is 0.579. The molecule has 154 valence electrons. The van der Waals surface area contributed by atoms with Crippen LogP contribution in [0.25, 0.3) is 0 Å². The van der Waals surface area contributed by atoms with Crippen LogP contribution in [0.2, 0.25) is 18.1 Å². The van der Waals surface area contributed by atoms with Crippen LogP contribution in [-0.4, -0.2) is 50.7 Å². The molecule has 0 aliphatic carbocycles. The summed E-state index contributed by atoms with van der Waals surface area (Å²) >= 11 is 0. The lowest BCUT2D eigenvalue weighted by atomic mass is 10.1. The summed E-state index contributed by atoms with van der Waals surface area (Å²) in [5, 5.41) is 21.7. The van der Waals surface area contributed by atoms with E-state index < -0.39 is 26.6 Å². The van der Waals surface area contributed by atoms with Crippen molar-refractivity contribution in [3.05, 3.63) is 41.7 Å². The van der Waals surface area contributed by atoms with Gasteiger partial charge in [0.2, 0.25) is 0 Å². The topological polar surface area (TPSA) is 93.4 Å². The van der Waals surface area contributed by atoms with E-state index in [4.69, 9.17) is 4.43 Å². The Morgan fingerprint density at radius 2 is 1.89 bits per heavy atom. The van der Waals surface area contributed by atoms with Gasteiger partial charge < -0.3 is 9.53 Å². The zero-order valence-electron chi connectivity index (χ0n) is 17.7. The van der Waals surface area contributed by atoms with Crippen molar-refractivity contribution in [1.29, 1.82) is 0 Å². The summed E-state index contributed by atoms with van der Waals surface area (Å²) < 4.78 is 8.18. The maximum atomic E-state index is 12.1. The molecule has 1 heterocycles. The second-order valence-electron chi connectivity index (χ2n) is 8.60. The highest BCUT2D eigenvalue weighted by atomic mass is 28.4. The first-order valence-electron chi connectivity index (χ1n) is 9.37. The lowest BCUT2D eigenvalue weighted by Gasteiger charge is -2.42. The molecule has 0 spiro atoms. The molecule has 0 bridgehead atoms. The summed E-state index contributed by atoms with van der Waals surface area (Å²) in [6.45, 7) is 12.8. The molecule has 2 aromatic rings. The van der Waals surface area contributed by atoms with Crippen LogP contribution in [0.5, 0.6) is 0 Å². The third-order valence-corrected chi connectivity index (χ3v) is 9.96. The average molecular weight is 406 g/mol. The van der Waals surface area contributed by atoms with Crippen LogP contribution in [0.1, 0.15) is 45.2 Å². The van der Waals surface area contributed by atoms with E-state index in [1.54, 1.807) is 11.7 Å². The Morgan fingerprint density at radius 1 is 1.29 bits per heavy atom. The van der Waals surface area contributed by atoms with E-state index >= 15 is 0 Å². The molecule has 0 fully saturated rings. The minimum Gasteiger partial charge on any atom is -0.465 e. The van der Waals surface area contributed by atoms with Crippen molar-refractivity contribution >= 4 is 14.4 Å². The predicted octanol–water partition coefficient (Wildman–Crippen LogP) is 3.84. The Balaban J connectivity index is 2.40. The van der Waals surface area contributed by atoms with Gasteiger partial charge in [-0.25, -0.2) is 9.48 Å². The standard InChI is InChI=1S/C19H31N5O3Si/c1-14(24(18(25)26)13-15-11-9-8-10-12-15)16(17-20-21-22-23(17)5)27-28(6,7)19(2,3)4/h8-12,14,16H,13H2,1-7H3,(H,25,26)/t14-,16-/m0/s1. The molecule has 0 aliphatic heterocycles. The van der Waals surface area contributed by atoms with Crippen molar-refractivity contribution in [2.45, 2.75) is 64.5 Å². The van der Waals surface area contributed by atoms with Crippen molar-refractivity contribution in [3.8, 4) is 0 Å². The number of carbonyl (C=O) groups is 1. The summed E-state index contributed by atoms with van der Waals surface area (Å²) in [6.07, 6.45) is -1.57. The van der Waals surface area contributed by atoms with Crippen molar-refractivity contribution < 1.29 is 14.3 Å². The minimum atomic E-state index is -2.21.